The third-order valence-electron chi connectivity index (χ3n) is 4.57. The molecule has 1 fully saturated rings. The molecule has 2 aliphatic rings. The molecule has 4 rings (SSSR count). The van der Waals surface area contributed by atoms with Gasteiger partial charge in [-0.05, 0) is 50.1 Å². The molecular formula is C16H16ClNS. The van der Waals surface area contributed by atoms with Gasteiger partial charge >= 0.3 is 0 Å². The highest BCUT2D eigenvalue weighted by atomic mass is 35.5. The fourth-order valence-corrected chi connectivity index (χ4v) is 4.82. The predicted molar refractivity (Wildman–Crippen MR) is 84.0 cm³/mol. The summed E-state index contributed by atoms with van der Waals surface area (Å²) in [5.74, 6) is 0. The van der Waals surface area contributed by atoms with Crippen molar-refractivity contribution in [1.29, 1.82) is 0 Å². The third kappa shape index (κ3) is 1.85. The average molecular weight is 290 g/mol. The van der Waals surface area contributed by atoms with E-state index >= 15 is 0 Å². The van der Waals surface area contributed by atoms with E-state index in [0.29, 0.717) is 6.04 Å². The lowest BCUT2D eigenvalue weighted by Gasteiger charge is -2.29. The van der Waals surface area contributed by atoms with E-state index in [2.05, 4.69) is 30.2 Å². The smallest absolute Gasteiger partial charge is 0.0493 e. The highest BCUT2D eigenvalue weighted by Crippen LogP contribution is 2.41. The molecule has 19 heavy (non-hydrogen) atoms. The Morgan fingerprint density at radius 3 is 3.00 bits per heavy atom. The van der Waals surface area contributed by atoms with Crippen molar-refractivity contribution in [3.8, 4) is 0 Å². The molecule has 1 aromatic carbocycles. The molecule has 3 heterocycles. The van der Waals surface area contributed by atoms with E-state index in [9.17, 15) is 0 Å². The summed E-state index contributed by atoms with van der Waals surface area (Å²) in [6.07, 6.45) is 6.32. The Bertz CT molecular complexity index is 672. The molecule has 2 aromatic rings. The zero-order valence-electron chi connectivity index (χ0n) is 10.9. The topological polar surface area (TPSA) is 3.24 Å². The molecule has 1 nitrogen and oxygen atoms in total. The summed E-state index contributed by atoms with van der Waals surface area (Å²) in [5.41, 5.74) is 1.53. The number of fused-ring (bicyclic) bond motifs is 3. The van der Waals surface area contributed by atoms with E-state index < -0.39 is 0 Å². The number of nitrogens with zero attached hydrogens (tertiary/aromatic N) is 1. The second-order valence-corrected chi connectivity index (χ2v) is 7.11. The van der Waals surface area contributed by atoms with Gasteiger partial charge in [-0.1, -0.05) is 23.7 Å². The SMILES string of the molecule is CN1C2C=C(c3cc4c(Cl)cccc4s3)CC1CC2. The van der Waals surface area contributed by atoms with Crippen LogP contribution >= 0.6 is 22.9 Å². The first-order valence-corrected chi connectivity index (χ1v) is 8.03. The summed E-state index contributed by atoms with van der Waals surface area (Å²) < 4.78 is 1.30. The summed E-state index contributed by atoms with van der Waals surface area (Å²) in [4.78, 5) is 3.94. The zero-order valence-corrected chi connectivity index (χ0v) is 12.5. The van der Waals surface area contributed by atoms with Crippen molar-refractivity contribution in [2.45, 2.75) is 31.3 Å². The first kappa shape index (κ1) is 12.0. The van der Waals surface area contributed by atoms with E-state index in [0.717, 1.165) is 11.1 Å². The number of hydrogen-bond acceptors (Lipinski definition) is 2. The first-order valence-electron chi connectivity index (χ1n) is 6.83. The van der Waals surface area contributed by atoms with Crippen LogP contribution in [-0.2, 0) is 0 Å². The van der Waals surface area contributed by atoms with Crippen LogP contribution in [0.5, 0.6) is 0 Å². The Balaban J connectivity index is 1.79. The van der Waals surface area contributed by atoms with Gasteiger partial charge in [0.25, 0.3) is 0 Å². The average Bonchev–Trinajstić information content (AvgIpc) is 2.89. The molecule has 0 aliphatic carbocycles. The van der Waals surface area contributed by atoms with Crippen LogP contribution in [0.25, 0.3) is 15.7 Å². The van der Waals surface area contributed by atoms with Gasteiger partial charge in [-0.25, -0.2) is 0 Å². The van der Waals surface area contributed by atoms with Crippen LogP contribution in [0.4, 0.5) is 0 Å². The van der Waals surface area contributed by atoms with Gasteiger partial charge in [0.1, 0.15) is 0 Å². The van der Waals surface area contributed by atoms with E-state index in [1.165, 1.54) is 39.8 Å². The van der Waals surface area contributed by atoms with Crippen molar-refractivity contribution in [3.05, 3.63) is 40.2 Å². The maximum absolute atomic E-state index is 6.28. The standard InChI is InChI=1S/C16H16ClNS/c1-18-11-5-6-12(18)8-10(7-11)16-9-13-14(17)3-2-4-15(13)19-16/h2-4,7,9,11-12H,5-6,8H2,1H3. The van der Waals surface area contributed by atoms with E-state index in [1.807, 2.05) is 23.5 Å². The molecule has 2 bridgehead atoms. The van der Waals surface area contributed by atoms with Crippen LogP contribution in [0.2, 0.25) is 5.02 Å². The number of benzene rings is 1. The Morgan fingerprint density at radius 1 is 1.32 bits per heavy atom. The number of halogens is 1. The minimum absolute atomic E-state index is 0.648. The lowest BCUT2D eigenvalue weighted by Crippen LogP contribution is -2.34. The fourth-order valence-electron chi connectivity index (χ4n) is 3.41. The summed E-state index contributed by atoms with van der Waals surface area (Å²) in [7, 11) is 2.26. The molecule has 1 aromatic heterocycles. The third-order valence-corrected chi connectivity index (χ3v) is 6.07. The molecule has 3 heteroatoms. The van der Waals surface area contributed by atoms with Crippen LogP contribution in [0, 0.1) is 0 Å². The minimum Gasteiger partial charge on any atom is -0.297 e. The monoisotopic (exact) mass is 289 g/mol. The zero-order chi connectivity index (χ0) is 13.0. The fraction of sp³-hybridized carbons (Fsp3) is 0.375. The molecule has 0 N–H and O–H groups in total. The first-order chi connectivity index (χ1) is 9.22. The van der Waals surface area contributed by atoms with Gasteiger partial charge in [-0.2, -0.15) is 0 Å². The molecule has 1 saturated heterocycles. The number of hydrogen-bond donors (Lipinski definition) is 0. The Hall–Kier alpha value is -0.830. The van der Waals surface area contributed by atoms with Gasteiger partial charge in [0.15, 0.2) is 0 Å². The summed E-state index contributed by atoms with van der Waals surface area (Å²) in [6.45, 7) is 0. The lowest BCUT2D eigenvalue weighted by atomic mass is 10.0. The molecular weight excluding hydrogens is 274 g/mol. The minimum atomic E-state index is 0.648. The lowest BCUT2D eigenvalue weighted by molar-refractivity contribution is 0.264. The van der Waals surface area contributed by atoms with Crippen molar-refractivity contribution in [1.82, 2.24) is 4.90 Å². The number of rotatable bonds is 1. The summed E-state index contributed by atoms with van der Waals surface area (Å²) in [5, 5.41) is 2.08. The number of thiophene rings is 1. The number of likely N-dealkylation sites (N-methyl/N-ethyl adjacent to an activating group) is 1. The second kappa shape index (κ2) is 4.34. The van der Waals surface area contributed by atoms with Crippen molar-refractivity contribution >= 4 is 38.6 Å². The molecule has 0 amide bonds. The Morgan fingerprint density at radius 2 is 2.21 bits per heavy atom. The quantitative estimate of drug-likeness (QED) is 0.728. The predicted octanol–water partition coefficient (Wildman–Crippen LogP) is 4.80. The van der Waals surface area contributed by atoms with Crippen LogP contribution in [-0.4, -0.2) is 24.0 Å². The van der Waals surface area contributed by atoms with Gasteiger partial charge < -0.3 is 0 Å². The molecule has 0 radical (unpaired) electrons. The van der Waals surface area contributed by atoms with Crippen molar-refractivity contribution < 1.29 is 0 Å². The van der Waals surface area contributed by atoms with Crippen molar-refractivity contribution in [2.24, 2.45) is 0 Å². The van der Waals surface area contributed by atoms with Crippen LogP contribution in [0.15, 0.2) is 30.3 Å². The van der Waals surface area contributed by atoms with Gasteiger partial charge in [-0.3, -0.25) is 4.90 Å². The largest absolute Gasteiger partial charge is 0.297 e. The van der Waals surface area contributed by atoms with Gasteiger partial charge in [-0.15, -0.1) is 11.3 Å². The molecule has 0 spiro atoms. The van der Waals surface area contributed by atoms with Crippen molar-refractivity contribution in [2.75, 3.05) is 7.05 Å². The normalized spacial score (nSPS) is 26.9. The van der Waals surface area contributed by atoms with E-state index in [-0.39, 0.29) is 0 Å². The van der Waals surface area contributed by atoms with Gasteiger partial charge in [0.2, 0.25) is 0 Å². The van der Waals surface area contributed by atoms with E-state index in [1.54, 1.807) is 0 Å². The van der Waals surface area contributed by atoms with Gasteiger partial charge in [0, 0.05) is 32.1 Å². The van der Waals surface area contributed by atoms with E-state index in [4.69, 9.17) is 11.6 Å². The van der Waals surface area contributed by atoms with Crippen molar-refractivity contribution in [3.63, 3.8) is 0 Å². The molecule has 2 aliphatic heterocycles. The van der Waals surface area contributed by atoms with Crippen LogP contribution in [0.3, 0.4) is 0 Å². The van der Waals surface area contributed by atoms with Crippen LogP contribution in [0.1, 0.15) is 24.1 Å². The summed E-state index contributed by atoms with van der Waals surface area (Å²) in [6, 6.07) is 9.85. The summed E-state index contributed by atoms with van der Waals surface area (Å²) >= 11 is 8.16. The molecule has 98 valence electrons. The van der Waals surface area contributed by atoms with Crippen LogP contribution < -0.4 is 0 Å². The highest BCUT2D eigenvalue weighted by molar-refractivity contribution is 7.20. The molecule has 0 saturated carbocycles. The Labute approximate surface area is 122 Å². The van der Waals surface area contributed by atoms with Gasteiger partial charge in [0.05, 0.1) is 0 Å². The molecule has 2 atom stereocenters. The second-order valence-electron chi connectivity index (χ2n) is 5.62. The highest BCUT2D eigenvalue weighted by Gasteiger charge is 2.34. The maximum atomic E-state index is 6.28. The Kier molecular flexibility index (Phi) is 2.73. The maximum Gasteiger partial charge on any atom is 0.0493 e. The molecule has 2 unspecified atom stereocenters.